The van der Waals surface area contributed by atoms with Crippen LogP contribution in [0.3, 0.4) is 0 Å². The fourth-order valence-electron chi connectivity index (χ4n) is 1.90. The number of nitrogen functional groups attached to an aromatic ring is 1. The van der Waals surface area contributed by atoms with Crippen molar-refractivity contribution in [3.8, 4) is 0 Å². The molecular formula is C16H17FN2O. The fourth-order valence-corrected chi connectivity index (χ4v) is 1.90. The van der Waals surface area contributed by atoms with Crippen molar-refractivity contribution in [1.29, 1.82) is 0 Å². The van der Waals surface area contributed by atoms with E-state index in [9.17, 15) is 9.18 Å². The molecule has 4 heteroatoms. The van der Waals surface area contributed by atoms with E-state index in [1.807, 2.05) is 38.1 Å². The number of hydrogen-bond acceptors (Lipinski definition) is 2. The Morgan fingerprint density at radius 2 is 1.85 bits per heavy atom. The zero-order chi connectivity index (χ0) is 14.7. The van der Waals surface area contributed by atoms with Gasteiger partial charge in [-0.3, -0.25) is 4.79 Å². The molecule has 3 N–H and O–H groups in total. The highest BCUT2D eigenvalue weighted by atomic mass is 19.1. The van der Waals surface area contributed by atoms with Crippen molar-refractivity contribution < 1.29 is 9.18 Å². The molecule has 0 radical (unpaired) electrons. The highest BCUT2D eigenvalue weighted by Gasteiger charge is 2.12. The molecule has 2 aromatic carbocycles. The van der Waals surface area contributed by atoms with Crippen LogP contribution in [0.5, 0.6) is 0 Å². The summed E-state index contributed by atoms with van der Waals surface area (Å²) in [6.45, 7) is 3.91. The molecule has 0 saturated heterocycles. The maximum atomic E-state index is 13.1. The van der Waals surface area contributed by atoms with Gasteiger partial charge in [0.1, 0.15) is 5.82 Å². The summed E-state index contributed by atoms with van der Waals surface area (Å²) >= 11 is 0. The van der Waals surface area contributed by atoms with Gasteiger partial charge in [0.05, 0.1) is 11.7 Å². The lowest BCUT2D eigenvalue weighted by molar-refractivity contribution is 0.0940. The van der Waals surface area contributed by atoms with E-state index >= 15 is 0 Å². The predicted octanol–water partition coefficient (Wildman–Crippen LogP) is 3.21. The second-order valence-electron chi connectivity index (χ2n) is 4.84. The number of hydrogen-bond donors (Lipinski definition) is 2. The first-order valence-corrected chi connectivity index (χ1v) is 6.40. The summed E-state index contributed by atoms with van der Waals surface area (Å²) in [6.07, 6.45) is 0. The number of aryl methyl sites for hydroxylation is 1. The number of carbonyl (C=O) groups is 1. The molecule has 1 atom stereocenters. The van der Waals surface area contributed by atoms with E-state index in [-0.39, 0.29) is 17.6 Å². The van der Waals surface area contributed by atoms with E-state index in [1.165, 1.54) is 23.8 Å². The summed E-state index contributed by atoms with van der Waals surface area (Å²) in [5.41, 5.74) is 7.96. The fraction of sp³-hybridized carbons (Fsp3) is 0.188. The molecule has 20 heavy (non-hydrogen) atoms. The molecule has 0 fully saturated rings. The second-order valence-corrected chi connectivity index (χ2v) is 4.84. The number of nitrogens with one attached hydrogen (secondary N) is 1. The maximum Gasteiger partial charge on any atom is 0.251 e. The summed E-state index contributed by atoms with van der Waals surface area (Å²) in [7, 11) is 0. The zero-order valence-electron chi connectivity index (χ0n) is 11.5. The van der Waals surface area contributed by atoms with Crippen LogP contribution in [-0.4, -0.2) is 5.91 Å². The lowest BCUT2D eigenvalue weighted by atomic mass is 10.1. The van der Waals surface area contributed by atoms with Crippen molar-refractivity contribution in [1.82, 2.24) is 5.32 Å². The van der Waals surface area contributed by atoms with E-state index in [1.54, 1.807) is 0 Å². The molecule has 104 valence electrons. The first kappa shape index (κ1) is 14.1. The van der Waals surface area contributed by atoms with Crippen molar-refractivity contribution in [2.75, 3.05) is 5.73 Å². The van der Waals surface area contributed by atoms with Gasteiger partial charge < -0.3 is 11.1 Å². The van der Waals surface area contributed by atoms with Crippen LogP contribution in [0, 0.1) is 12.7 Å². The molecular weight excluding hydrogens is 255 g/mol. The third kappa shape index (κ3) is 3.15. The molecule has 0 spiro atoms. The highest BCUT2D eigenvalue weighted by Crippen LogP contribution is 2.16. The van der Waals surface area contributed by atoms with Crippen molar-refractivity contribution in [3.05, 3.63) is 65.0 Å². The minimum atomic E-state index is -0.520. The van der Waals surface area contributed by atoms with Gasteiger partial charge in [-0.15, -0.1) is 0 Å². The van der Waals surface area contributed by atoms with Crippen molar-refractivity contribution in [2.45, 2.75) is 19.9 Å². The summed E-state index contributed by atoms with van der Waals surface area (Å²) < 4.78 is 13.1. The van der Waals surface area contributed by atoms with Gasteiger partial charge in [-0.25, -0.2) is 4.39 Å². The third-order valence-corrected chi connectivity index (χ3v) is 3.18. The van der Waals surface area contributed by atoms with Gasteiger partial charge >= 0.3 is 0 Å². The summed E-state index contributed by atoms with van der Waals surface area (Å²) in [6, 6.07) is 11.8. The Morgan fingerprint density at radius 1 is 1.20 bits per heavy atom. The Hall–Kier alpha value is -2.36. The topological polar surface area (TPSA) is 55.1 Å². The monoisotopic (exact) mass is 272 g/mol. The van der Waals surface area contributed by atoms with Crippen LogP contribution in [-0.2, 0) is 0 Å². The number of rotatable bonds is 3. The van der Waals surface area contributed by atoms with E-state index in [4.69, 9.17) is 5.73 Å². The Morgan fingerprint density at radius 3 is 2.45 bits per heavy atom. The third-order valence-electron chi connectivity index (χ3n) is 3.18. The number of halogens is 1. The molecule has 3 nitrogen and oxygen atoms in total. The predicted molar refractivity (Wildman–Crippen MR) is 77.9 cm³/mol. The van der Waals surface area contributed by atoms with Gasteiger partial charge in [0.2, 0.25) is 0 Å². The Bertz CT molecular complexity index is 623. The molecule has 1 amide bonds. The van der Waals surface area contributed by atoms with Gasteiger partial charge in [0, 0.05) is 5.56 Å². The molecule has 0 bridgehead atoms. The minimum absolute atomic E-state index is 0.0272. The Balaban J connectivity index is 2.10. The van der Waals surface area contributed by atoms with Crippen LogP contribution in [0.25, 0.3) is 0 Å². The average molecular weight is 272 g/mol. The van der Waals surface area contributed by atoms with Crippen LogP contribution < -0.4 is 11.1 Å². The van der Waals surface area contributed by atoms with Gasteiger partial charge in [0.15, 0.2) is 0 Å². The first-order valence-electron chi connectivity index (χ1n) is 6.40. The van der Waals surface area contributed by atoms with E-state index in [0.717, 1.165) is 5.56 Å². The van der Waals surface area contributed by atoms with E-state index in [2.05, 4.69) is 5.32 Å². The normalized spacial score (nSPS) is 11.9. The number of carbonyl (C=O) groups excluding carboxylic acids is 1. The van der Waals surface area contributed by atoms with Gasteiger partial charge in [-0.2, -0.15) is 0 Å². The largest absolute Gasteiger partial charge is 0.396 e. The number of amides is 1. The highest BCUT2D eigenvalue weighted by molar-refractivity contribution is 5.95. The number of nitrogens with two attached hydrogens (primary N) is 1. The van der Waals surface area contributed by atoms with Crippen LogP contribution in [0.2, 0.25) is 0 Å². The molecule has 0 heterocycles. The molecule has 0 aliphatic rings. The van der Waals surface area contributed by atoms with Gasteiger partial charge in [-0.05, 0) is 37.6 Å². The zero-order valence-corrected chi connectivity index (χ0v) is 11.5. The quantitative estimate of drug-likeness (QED) is 0.843. The molecule has 0 aromatic heterocycles. The van der Waals surface area contributed by atoms with Crippen molar-refractivity contribution in [3.63, 3.8) is 0 Å². The van der Waals surface area contributed by atoms with E-state index in [0.29, 0.717) is 5.56 Å². The summed E-state index contributed by atoms with van der Waals surface area (Å²) in [5, 5.41) is 2.86. The summed E-state index contributed by atoms with van der Waals surface area (Å²) in [5.74, 6) is -0.794. The molecule has 0 aliphatic carbocycles. The molecule has 0 saturated carbocycles. The molecule has 2 rings (SSSR count). The average Bonchev–Trinajstić information content (AvgIpc) is 2.42. The molecule has 1 unspecified atom stereocenters. The van der Waals surface area contributed by atoms with Gasteiger partial charge in [-0.1, -0.05) is 29.8 Å². The van der Waals surface area contributed by atoms with Crippen LogP contribution in [0.4, 0.5) is 10.1 Å². The number of benzene rings is 2. The first-order chi connectivity index (χ1) is 9.47. The van der Waals surface area contributed by atoms with Crippen LogP contribution >= 0.6 is 0 Å². The summed E-state index contributed by atoms with van der Waals surface area (Å²) in [4.78, 5) is 12.1. The maximum absolute atomic E-state index is 13.1. The van der Waals surface area contributed by atoms with Crippen LogP contribution in [0.1, 0.15) is 34.5 Å². The standard InChI is InChI=1S/C16H17FN2O/c1-10-3-5-12(6-4-10)11(2)19-16(20)13-7-8-14(17)15(18)9-13/h3-9,11H,18H2,1-2H3,(H,19,20). The molecule has 2 aromatic rings. The van der Waals surface area contributed by atoms with Crippen molar-refractivity contribution in [2.24, 2.45) is 0 Å². The minimum Gasteiger partial charge on any atom is -0.396 e. The Labute approximate surface area is 117 Å². The number of anilines is 1. The van der Waals surface area contributed by atoms with Crippen molar-refractivity contribution >= 4 is 11.6 Å². The smallest absolute Gasteiger partial charge is 0.251 e. The van der Waals surface area contributed by atoms with Crippen LogP contribution in [0.15, 0.2) is 42.5 Å². The lowest BCUT2D eigenvalue weighted by Crippen LogP contribution is -2.26. The second kappa shape index (κ2) is 5.74. The SMILES string of the molecule is Cc1ccc(C(C)NC(=O)c2ccc(F)c(N)c2)cc1. The lowest BCUT2D eigenvalue weighted by Gasteiger charge is -2.15. The molecule has 0 aliphatic heterocycles. The Kier molecular flexibility index (Phi) is 4.03. The van der Waals surface area contributed by atoms with E-state index < -0.39 is 5.82 Å². The van der Waals surface area contributed by atoms with Gasteiger partial charge in [0.25, 0.3) is 5.91 Å².